The first kappa shape index (κ1) is 33.6. The van der Waals surface area contributed by atoms with Crippen molar-refractivity contribution in [2.24, 2.45) is 11.8 Å². The fraction of sp³-hybridized carbons (Fsp3) is 0.500. The van der Waals surface area contributed by atoms with Crippen LogP contribution in [0.5, 0.6) is 5.75 Å². The van der Waals surface area contributed by atoms with E-state index in [0.717, 1.165) is 6.08 Å². The maximum Gasteiger partial charge on any atom is 0.405 e. The summed E-state index contributed by atoms with van der Waals surface area (Å²) in [6, 6.07) is 0.576. The van der Waals surface area contributed by atoms with Crippen molar-refractivity contribution >= 4 is 35.7 Å². The second kappa shape index (κ2) is 15.4. The number of hydrogen-bond acceptors (Lipinski definition) is 8. The molecule has 1 aromatic carbocycles. The van der Waals surface area contributed by atoms with E-state index in [1.54, 1.807) is 27.7 Å². The third-order valence-electron chi connectivity index (χ3n) is 6.41. The molecule has 5 atom stereocenters. The first-order chi connectivity index (χ1) is 19.7. The number of rotatable bonds is 9. The van der Waals surface area contributed by atoms with Crippen LogP contribution in [0.1, 0.15) is 40.2 Å². The molecule has 2 rings (SSSR count). The number of amides is 5. The summed E-state index contributed by atoms with van der Waals surface area (Å²) in [4.78, 5) is 75.3. The van der Waals surface area contributed by atoms with Crippen LogP contribution in [0.2, 0.25) is 0 Å². The van der Waals surface area contributed by atoms with Crippen molar-refractivity contribution in [3.63, 3.8) is 0 Å². The first-order valence-corrected chi connectivity index (χ1v) is 13.5. The molecule has 0 saturated carbocycles. The molecule has 0 radical (unpaired) electrons. The molecule has 0 saturated heterocycles. The van der Waals surface area contributed by atoms with E-state index in [1.165, 1.54) is 37.3 Å². The number of cyclic esters (lactones) is 1. The normalized spacial score (nSPS) is 21.9. The predicted octanol–water partition coefficient (Wildman–Crippen LogP) is -0.0450. The van der Waals surface area contributed by atoms with E-state index in [1.807, 2.05) is 0 Å². The van der Waals surface area contributed by atoms with Crippen molar-refractivity contribution < 1.29 is 43.7 Å². The van der Waals surface area contributed by atoms with Gasteiger partial charge in [-0.15, -0.1) is 0 Å². The van der Waals surface area contributed by atoms with Crippen LogP contribution in [0.3, 0.4) is 0 Å². The van der Waals surface area contributed by atoms with Gasteiger partial charge in [-0.1, -0.05) is 45.9 Å². The van der Waals surface area contributed by atoms with Crippen LogP contribution in [0.25, 0.3) is 0 Å². The van der Waals surface area contributed by atoms with Gasteiger partial charge in [-0.2, -0.15) is 0 Å². The maximum absolute atomic E-state index is 13.3. The average molecular weight is 590 g/mol. The van der Waals surface area contributed by atoms with Gasteiger partial charge in [-0.05, 0) is 36.5 Å². The van der Waals surface area contributed by atoms with Gasteiger partial charge in [-0.25, -0.2) is 9.59 Å². The molecule has 0 spiro atoms. The van der Waals surface area contributed by atoms with Crippen molar-refractivity contribution in [1.29, 1.82) is 0 Å². The number of benzene rings is 1. The predicted molar refractivity (Wildman–Crippen MR) is 150 cm³/mol. The van der Waals surface area contributed by atoms with Gasteiger partial charge in [0.05, 0.1) is 6.04 Å². The number of esters is 1. The fourth-order valence-corrected chi connectivity index (χ4v) is 4.03. The molecule has 0 bridgehead atoms. The minimum absolute atomic E-state index is 0.00497. The number of carbonyl (C=O) groups is 6. The third-order valence-corrected chi connectivity index (χ3v) is 6.41. The van der Waals surface area contributed by atoms with E-state index in [-0.39, 0.29) is 24.7 Å². The highest BCUT2D eigenvalue weighted by molar-refractivity contribution is 5.95. The smallest absolute Gasteiger partial charge is 0.405 e. The summed E-state index contributed by atoms with van der Waals surface area (Å²) in [6.45, 7) is 7.86. The molecule has 5 amide bonds. The minimum Gasteiger partial charge on any atom is -0.508 e. The topological polar surface area (TPSA) is 212 Å². The summed E-state index contributed by atoms with van der Waals surface area (Å²) in [5.41, 5.74) is 0.566. The number of carboxylic acid groups (broad SMARTS) is 1. The van der Waals surface area contributed by atoms with Crippen molar-refractivity contribution in [2.45, 2.75) is 71.2 Å². The lowest BCUT2D eigenvalue weighted by Gasteiger charge is -2.27. The molecule has 1 aromatic rings. The Morgan fingerprint density at radius 2 is 1.64 bits per heavy atom. The quantitative estimate of drug-likeness (QED) is 0.192. The number of hydrogen-bond donors (Lipinski definition) is 7. The summed E-state index contributed by atoms with van der Waals surface area (Å²) in [6.07, 6.45) is 0.928. The first-order valence-electron chi connectivity index (χ1n) is 13.5. The lowest BCUT2D eigenvalue weighted by molar-refractivity contribution is -0.148. The highest BCUT2D eigenvalue weighted by Gasteiger charge is 2.31. The Bertz CT molecular complexity index is 1180. The summed E-state index contributed by atoms with van der Waals surface area (Å²) in [7, 11) is 0. The molecule has 230 valence electrons. The molecule has 0 fully saturated rings. The maximum atomic E-state index is 13.3. The molecule has 1 heterocycles. The number of ether oxygens (including phenoxy) is 1. The second-order valence-corrected chi connectivity index (χ2v) is 10.7. The van der Waals surface area contributed by atoms with Crippen molar-refractivity contribution in [3.8, 4) is 5.75 Å². The third kappa shape index (κ3) is 10.4. The SMILES string of the molecule is CC(C)[C@@H]1NC(=O)/C=C/[C@@H](NC(=O)[C@@H](NC(=O)[C@H](Cc2ccc(O)cc2)NC(=O)O)C(C)C)COC(=O)[C@H](C)NC1=O. The monoisotopic (exact) mass is 589 g/mol. The molecule has 42 heavy (non-hydrogen) atoms. The van der Waals surface area contributed by atoms with Gasteiger partial charge in [-0.3, -0.25) is 19.2 Å². The van der Waals surface area contributed by atoms with Gasteiger partial charge < -0.3 is 41.5 Å². The van der Waals surface area contributed by atoms with Crippen LogP contribution in [0.15, 0.2) is 36.4 Å². The Morgan fingerprint density at radius 1 is 1.00 bits per heavy atom. The molecule has 0 aromatic heterocycles. The van der Waals surface area contributed by atoms with Crippen molar-refractivity contribution in [2.75, 3.05) is 6.61 Å². The molecule has 1 aliphatic heterocycles. The molecule has 14 nitrogen and oxygen atoms in total. The van der Waals surface area contributed by atoms with Crippen molar-refractivity contribution in [3.05, 3.63) is 42.0 Å². The average Bonchev–Trinajstić information content (AvgIpc) is 2.90. The Morgan fingerprint density at radius 3 is 2.21 bits per heavy atom. The Balaban J connectivity index is 2.21. The zero-order valence-corrected chi connectivity index (χ0v) is 24.2. The standard InChI is InChI=1S/C28H39N5O9/c1-14(2)22-25(37)29-16(5)27(39)42-13-18(8-11-21(35)32-22)30-26(38)23(15(3)4)33-24(36)20(31-28(40)41)12-17-6-9-19(34)10-7-17/h6-11,14-16,18,20,22-23,31,34H,12-13H2,1-5H3,(H,29,37)(H,30,38)(H,32,35)(H,33,36)(H,40,41)/b11-8+/t16-,18+,20-,22-,23-/m0/s1. The number of nitrogens with one attached hydrogen (secondary N) is 5. The van der Waals surface area contributed by atoms with E-state index in [2.05, 4.69) is 26.6 Å². The summed E-state index contributed by atoms with van der Waals surface area (Å²) in [5, 5.41) is 31.2. The Labute approximate surface area is 243 Å². The Hall–Kier alpha value is -4.62. The molecular weight excluding hydrogens is 550 g/mol. The second-order valence-electron chi connectivity index (χ2n) is 10.7. The Kier molecular flexibility index (Phi) is 12.3. The van der Waals surface area contributed by atoms with Gasteiger partial charge in [0.1, 0.15) is 36.5 Å². The van der Waals surface area contributed by atoms with Gasteiger partial charge >= 0.3 is 12.1 Å². The lowest BCUT2D eigenvalue weighted by Crippen LogP contribution is -2.57. The van der Waals surface area contributed by atoms with Crippen LogP contribution in [0.4, 0.5) is 4.79 Å². The van der Waals surface area contributed by atoms with E-state index >= 15 is 0 Å². The molecule has 7 N–H and O–H groups in total. The number of carbonyl (C=O) groups excluding carboxylic acids is 5. The summed E-state index contributed by atoms with van der Waals surface area (Å²) in [5.74, 6) is -4.06. The summed E-state index contributed by atoms with van der Waals surface area (Å²) >= 11 is 0. The summed E-state index contributed by atoms with van der Waals surface area (Å²) < 4.78 is 5.27. The molecule has 14 heteroatoms. The van der Waals surface area contributed by atoms with E-state index in [9.17, 15) is 39.0 Å². The molecule has 0 aliphatic carbocycles. The zero-order valence-electron chi connectivity index (χ0n) is 24.2. The van der Waals surface area contributed by atoms with Gasteiger partial charge in [0.2, 0.25) is 23.6 Å². The van der Waals surface area contributed by atoms with Crippen LogP contribution in [0, 0.1) is 11.8 Å². The van der Waals surface area contributed by atoms with E-state index < -0.39 is 71.8 Å². The minimum atomic E-state index is -1.44. The molecule has 0 unspecified atom stereocenters. The van der Waals surface area contributed by atoms with Gasteiger partial charge in [0.25, 0.3) is 0 Å². The van der Waals surface area contributed by atoms with Crippen LogP contribution in [-0.4, -0.2) is 82.7 Å². The van der Waals surface area contributed by atoms with Crippen LogP contribution in [-0.2, 0) is 35.1 Å². The lowest BCUT2D eigenvalue weighted by atomic mass is 10.0. The van der Waals surface area contributed by atoms with Crippen LogP contribution < -0.4 is 26.6 Å². The largest absolute Gasteiger partial charge is 0.508 e. The van der Waals surface area contributed by atoms with E-state index in [4.69, 9.17) is 4.74 Å². The fourth-order valence-electron chi connectivity index (χ4n) is 4.03. The van der Waals surface area contributed by atoms with Crippen molar-refractivity contribution in [1.82, 2.24) is 26.6 Å². The highest BCUT2D eigenvalue weighted by atomic mass is 16.5. The molecule has 1 aliphatic rings. The molecular formula is C28H39N5O9. The van der Waals surface area contributed by atoms with Gasteiger partial charge in [0, 0.05) is 12.5 Å². The van der Waals surface area contributed by atoms with E-state index in [0.29, 0.717) is 5.56 Å². The van der Waals surface area contributed by atoms with Crippen LogP contribution >= 0.6 is 0 Å². The number of phenols is 1. The number of phenolic OH excluding ortho intramolecular Hbond substituents is 1. The number of aromatic hydroxyl groups is 1. The van der Waals surface area contributed by atoms with Gasteiger partial charge in [0.15, 0.2) is 0 Å². The highest BCUT2D eigenvalue weighted by Crippen LogP contribution is 2.12. The zero-order chi connectivity index (χ0) is 31.6.